The van der Waals surface area contributed by atoms with Crippen LogP contribution in [0.15, 0.2) is 30.3 Å². The lowest BCUT2D eigenvalue weighted by atomic mass is 9.95. The van der Waals surface area contributed by atoms with Crippen molar-refractivity contribution in [2.75, 3.05) is 0 Å². The molecule has 0 amide bonds. The van der Waals surface area contributed by atoms with Crippen LogP contribution in [0.1, 0.15) is 64.5 Å². The van der Waals surface area contributed by atoms with Crippen molar-refractivity contribution in [1.82, 2.24) is 5.32 Å². The molecule has 3 atom stereocenters. The Balaban J connectivity index is 1.99. The molecule has 1 aromatic carbocycles. The molecule has 1 aliphatic rings. The van der Waals surface area contributed by atoms with E-state index in [1.807, 2.05) is 0 Å². The lowest BCUT2D eigenvalue weighted by Gasteiger charge is -2.27. The maximum atomic E-state index is 3.95. The largest absolute Gasteiger partial charge is 0.307 e. The topological polar surface area (TPSA) is 12.0 Å². The highest BCUT2D eigenvalue weighted by molar-refractivity contribution is 5.21. The molecular formula is C18H29N. The second kappa shape index (κ2) is 7.09. The van der Waals surface area contributed by atoms with E-state index in [4.69, 9.17) is 0 Å². The molecule has 0 bridgehead atoms. The van der Waals surface area contributed by atoms with E-state index < -0.39 is 0 Å². The van der Waals surface area contributed by atoms with Gasteiger partial charge in [-0.15, -0.1) is 0 Å². The van der Waals surface area contributed by atoms with Gasteiger partial charge in [-0.2, -0.15) is 0 Å². The fraction of sp³-hybridized carbons (Fsp3) is 0.667. The van der Waals surface area contributed by atoms with Gasteiger partial charge in [0, 0.05) is 12.1 Å². The maximum absolute atomic E-state index is 3.95. The van der Waals surface area contributed by atoms with Crippen molar-refractivity contribution in [1.29, 1.82) is 0 Å². The van der Waals surface area contributed by atoms with Crippen LogP contribution in [0.2, 0.25) is 0 Å². The molecule has 0 saturated heterocycles. The number of hydrogen-bond donors (Lipinski definition) is 1. The third-order valence-corrected chi connectivity index (χ3v) is 4.54. The van der Waals surface area contributed by atoms with Crippen molar-refractivity contribution in [2.24, 2.45) is 11.8 Å². The minimum atomic E-state index is 0.579. The molecule has 0 aliphatic heterocycles. The second-order valence-corrected chi connectivity index (χ2v) is 6.25. The lowest BCUT2D eigenvalue weighted by molar-refractivity contribution is 0.334. The fourth-order valence-electron chi connectivity index (χ4n) is 2.85. The first-order valence-electron chi connectivity index (χ1n) is 8.05. The van der Waals surface area contributed by atoms with Gasteiger partial charge in [0.05, 0.1) is 0 Å². The Labute approximate surface area is 118 Å². The summed E-state index contributed by atoms with van der Waals surface area (Å²) in [6, 6.07) is 12.3. The van der Waals surface area contributed by atoms with Crippen LogP contribution in [0.5, 0.6) is 0 Å². The van der Waals surface area contributed by atoms with E-state index >= 15 is 0 Å². The van der Waals surface area contributed by atoms with Gasteiger partial charge in [0.1, 0.15) is 0 Å². The first-order chi connectivity index (χ1) is 9.24. The highest BCUT2D eigenvalue weighted by Crippen LogP contribution is 2.41. The minimum Gasteiger partial charge on any atom is -0.307 e. The molecule has 3 unspecified atom stereocenters. The number of hydrogen-bond acceptors (Lipinski definition) is 1. The van der Waals surface area contributed by atoms with E-state index in [-0.39, 0.29) is 0 Å². The normalized spacial score (nSPS) is 19.9. The first-order valence-corrected chi connectivity index (χ1v) is 8.05. The summed E-state index contributed by atoms with van der Waals surface area (Å²) < 4.78 is 0. The van der Waals surface area contributed by atoms with Gasteiger partial charge in [0.25, 0.3) is 0 Å². The maximum Gasteiger partial charge on any atom is 0.0351 e. The third-order valence-electron chi connectivity index (χ3n) is 4.54. The van der Waals surface area contributed by atoms with Crippen molar-refractivity contribution in [3.05, 3.63) is 35.9 Å². The number of rotatable bonds is 8. The Hall–Kier alpha value is -0.820. The summed E-state index contributed by atoms with van der Waals surface area (Å²) in [5.74, 6) is 1.70. The molecule has 1 heteroatoms. The first kappa shape index (κ1) is 14.6. The molecule has 1 aromatic rings. The van der Waals surface area contributed by atoms with Crippen molar-refractivity contribution in [3.63, 3.8) is 0 Å². The standard InChI is InChI=1S/C18H29N/c1-4-14(3)13-17(5-2)19-18(16-11-12-16)15-9-7-6-8-10-15/h6-10,14,16-19H,4-5,11-13H2,1-3H3. The van der Waals surface area contributed by atoms with Crippen molar-refractivity contribution in [3.8, 4) is 0 Å². The molecule has 1 fully saturated rings. The van der Waals surface area contributed by atoms with Gasteiger partial charge in [-0.25, -0.2) is 0 Å². The predicted molar refractivity (Wildman–Crippen MR) is 83.2 cm³/mol. The molecule has 1 aliphatic carbocycles. The quantitative estimate of drug-likeness (QED) is 0.697. The summed E-state index contributed by atoms with van der Waals surface area (Å²) in [6.45, 7) is 6.99. The van der Waals surface area contributed by atoms with E-state index in [9.17, 15) is 0 Å². The zero-order chi connectivity index (χ0) is 13.7. The van der Waals surface area contributed by atoms with Crippen LogP contribution in [0, 0.1) is 11.8 Å². The Morgan fingerprint density at radius 2 is 1.79 bits per heavy atom. The summed E-state index contributed by atoms with van der Waals surface area (Å²) in [5.41, 5.74) is 1.48. The van der Waals surface area contributed by atoms with E-state index in [1.54, 1.807) is 0 Å². The zero-order valence-corrected chi connectivity index (χ0v) is 12.7. The molecule has 2 rings (SSSR count). The third kappa shape index (κ3) is 4.35. The molecule has 0 radical (unpaired) electrons. The van der Waals surface area contributed by atoms with E-state index in [2.05, 4.69) is 56.4 Å². The average molecular weight is 259 g/mol. The smallest absolute Gasteiger partial charge is 0.0351 e. The van der Waals surface area contributed by atoms with Crippen LogP contribution < -0.4 is 5.32 Å². The Kier molecular flexibility index (Phi) is 5.45. The predicted octanol–water partition coefficient (Wildman–Crippen LogP) is 4.94. The summed E-state index contributed by atoms with van der Waals surface area (Å²) in [6.07, 6.45) is 6.62. The molecule has 1 saturated carbocycles. The average Bonchev–Trinajstić information content (AvgIpc) is 3.28. The van der Waals surface area contributed by atoms with Crippen LogP contribution in [0.25, 0.3) is 0 Å². The van der Waals surface area contributed by atoms with Gasteiger partial charge < -0.3 is 5.32 Å². The summed E-state index contributed by atoms with van der Waals surface area (Å²) in [7, 11) is 0. The van der Waals surface area contributed by atoms with Gasteiger partial charge in [-0.05, 0) is 43.1 Å². The van der Waals surface area contributed by atoms with Crippen LogP contribution in [0.3, 0.4) is 0 Å². The lowest BCUT2D eigenvalue weighted by Crippen LogP contribution is -2.34. The number of benzene rings is 1. The molecule has 1 N–H and O–H groups in total. The van der Waals surface area contributed by atoms with Crippen LogP contribution in [-0.2, 0) is 0 Å². The highest BCUT2D eigenvalue weighted by atomic mass is 15.0. The highest BCUT2D eigenvalue weighted by Gasteiger charge is 2.33. The zero-order valence-electron chi connectivity index (χ0n) is 12.7. The monoisotopic (exact) mass is 259 g/mol. The van der Waals surface area contributed by atoms with Crippen molar-refractivity contribution >= 4 is 0 Å². The summed E-state index contributed by atoms with van der Waals surface area (Å²) >= 11 is 0. The van der Waals surface area contributed by atoms with E-state index in [0.717, 1.165) is 11.8 Å². The Bertz CT molecular complexity index is 355. The van der Waals surface area contributed by atoms with Crippen molar-refractivity contribution < 1.29 is 0 Å². The van der Waals surface area contributed by atoms with Crippen LogP contribution in [0.4, 0.5) is 0 Å². The van der Waals surface area contributed by atoms with E-state index in [1.165, 1.54) is 37.7 Å². The molecule has 0 aromatic heterocycles. The molecule has 1 nitrogen and oxygen atoms in total. The molecule has 0 heterocycles. The SMILES string of the molecule is CCC(C)CC(CC)NC(c1ccccc1)C1CC1. The van der Waals surface area contributed by atoms with E-state index in [0.29, 0.717) is 12.1 Å². The fourth-order valence-corrected chi connectivity index (χ4v) is 2.85. The molecule has 19 heavy (non-hydrogen) atoms. The molecule has 106 valence electrons. The Morgan fingerprint density at radius 1 is 1.11 bits per heavy atom. The van der Waals surface area contributed by atoms with Gasteiger partial charge >= 0.3 is 0 Å². The second-order valence-electron chi connectivity index (χ2n) is 6.25. The van der Waals surface area contributed by atoms with Crippen molar-refractivity contribution in [2.45, 2.75) is 65.0 Å². The van der Waals surface area contributed by atoms with Gasteiger partial charge in [-0.3, -0.25) is 0 Å². The van der Waals surface area contributed by atoms with Crippen LogP contribution >= 0.6 is 0 Å². The van der Waals surface area contributed by atoms with Crippen LogP contribution in [-0.4, -0.2) is 6.04 Å². The van der Waals surface area contributed by atoms with Gasteiger partial charge in [0.15, 0.2) is 0 Å². The summed E-state index contributed by atoms with van der Waals surface area (Å²) in [4.78, 5) is 0. The number of nitrogens with one attached hydrogen (secondary N) is 1. The minimum absolute atomic E-state index is 0.579. The van der Waals surface area contributed by atoms with Gasteiger partial charge in [0.2, 0.25) is 0 Å². The van der Waals surface area contributed by atoms with Gasteiger partial charge in [-0.1, -0.05) is 57.5 Å². The molecular weight excluding hydrogens is 230 g/mol. The summed E-state index contributed by atoms with van der Waals surface area (Å²) in [5, 5.41) is 3.95. The Morgan fingerprint density at radius 3 is 2.32 bits per heavy atom. The molecule has 0 spiro atoms.